The Morgan fingerprint density at radius 1 is 0.838 bits per heavy atom. The number of esters is 2. The summed E-state index contributed by atoms with van der Waals surface area (Å²) in [5.74, 6) is -2.49. The van der Waals surface area contributed by atoms with E-state index >= 15 is 0 Å². The number of nitrogens with one attached hydrogen (secondary N) is 1. The van der Waals surface area contributed by atoms with Gasteiger partial charge in [-0.05, 0) is 54.6 Å². The topological polar surface area (TPSA) is 98.8 Å². The van der Waals surface area contributed by atoms with Crippen LogP contribution in [-0.2, 0) is 20.5 Å². The number of hydrogen-bond acceptors (Lipinski definition) is 6. The molecule has 0 unspecified atom stereocenters. The van der Waals surface area contributed by atoms with Gasteiger partial charge in [-0.25, -0.2) is 4.79 Å². The fourth-order valence-corrected chi connectivity index (χ4v) is 3.14. The number of halogens is 4. The van der Waals surface area contributed by atoms with E-state index in [1.807, 2.05) is 0 Å². The van der Waals surface area contributed by atoms with E-state index in [9.17, 15) is 32.3 Å². The quantitative estimate of drug-likeness (QED) is 0.214. The monoisotopic (exact) mass is 533 g/mol. The number of carbonyl (C=O) groups excluding carboxylic acids is 4. The van der Waals surface area contributed by atoms with E-state index in [0.717, 1.165) is 12.1 Å². The Morgan fingerprint density at radius 2 is 1.51 bits per heavy atom. The average molecular weight is 534 g/mol. The molecule has 0 radical (unpaired) electrons. The lowest BCUT2D eigenvalue weighted by Gasteiger charge is -2.11. The van der Waals surface area contributed by atoms with Crippen LogP contribution in [0.5, 0.6) is 5.75 Å². The minimum absolute atomic E-state index is 0.102. The van der Waals surface area contributed by atoms with Gasteiger partial charge >= 0.3 is 18.1 Å². The summed E-state index contributed by atoms with van der Waals surface area (Å²) in [5.41, 5.74) is -0.680. The molecule has 1 amide bonds. The second kappa shape index (κ2) is 12.2. The van der Waals surface area contributed by atoms with Crippen molar-refractivity contribution < 1.29 is 41.8 Å². The molecule has 11 heteroatoms. The van der Waals surface area contributed by atoms with Gasteiger partial charge in [0.25, 0.3) is 0 Å². The molecule has 0 saturated carbocycles. The summed E-state index contributed by atoms with van der Waals surface area (Å²) in [6.45, 7) is -0.594. The molecule has 3 aromatic carbocycles. The third-order valence-corrected chi connectivity index (χ3v) is 5.21. The summed E-state index contributed by atoms with van der Waals surface area (Å²) < 4.78 is 48.6. The molecule has 0 aliphatic heterocycles. The fourth-order valence-electron chi connectivity index (χ4n) is 2.98. The van der Waals surface area contributed by atoms with Gasteiger partial charge in [-0.1, -0.05) is 29.8 Å². The van der Waals surface area contributed by atoms with Crippen molar-refractivity contribution in [2.45, 2.75) is 19.0 Å². The van der Waals surface area contributed by atoms with Crippen LogP contribution in [-0.4, -0.2) is 30.2 Å². The third kappa shape index (κ3) is 8.18. The van der Waals surface area contributed by atoms with Crippen LogP contribution in [0.25, 0.3) is 0 Å². The van der Waals surface area contributed by atoms with Crippen LogP contribution < -0.4 is 10.1 Å². The van der Waals surface area contributed by atoms with Crippen molar-refractivity contribution in [1.82, 2.24) is 0 Å². The Balaban J connectivity index is 1.44. The second-order valence-corrected chi connectivity index (χ2v) is 8.01. The molecule has 1 N–H and O–H groups in total. The minimum atomic E-state index is -4.62. The predicted molar refractivity (Wildman–Crippen MR) is 127 cm³/mol. The molecule has 0 aliphatic carbocycles. The van der Waals surface area contributed by atoms with E-state index in [4.69, 9.17) is 21.1 Å². The van der Waals surface area contributed by atoms with E-state index in [2.05, 4.69) is 5.32 Å². The molecule has 192 valence electrons. The summed E-state index contributed by atoms with van der Waals surface area (Å²) >= 11 is 5.82. The summed E-state index contributed by atoms with van der Waals surface area (Å²) in [5, 5.41) is 2.11. The van der Waals surface area contributed by atoms with Gasteiger partial charge in [0.15, 0.2) is 12.4 Å². The number of anilines is 1. The van der Waals surface area contributed by atoms with Crippen LogP contribution in [0, 0.1) is 0 Å². The Hall–Kier alpha value is -4.18. The number of carbonyl (C=O) groups is 4. The van der Waals surface area contributed by atoms with Crippen molar-refractivity contribution in [1.29, 1.82) is 0 Å². The van der Waals surface area contributed by atoms with Crippen molar-refractivity contribution in [2.24, 2.45) is 0 Å². The van der Waals surface area contributed by atoms with Crippen molar-refractivity contribution in [2.75, 3.05) is 11.9 Å². The van der Waals surface area contributed by atoms with Gasteiger partial charge in [-0.3, -0.25) is 14.4 Å². The average Bonchev–Trinajstić information content (AvgIpc) is 2.87. The van der Waals surface area contributed by atoms with E-state index in [0.29, 0.717) is 11.6 Å². The lowest BCUT2D eigenvalue weighted by Crippen LogP contribution is -2.18. The second-order valence-electron chi connectivity index (χ2n) is 7.60. The lowest BCUT2D eigenvalue weighted by molar-refractivity contribution is -0.143. The number of ketones is 1. The molecule has 0 spiro atoms. The highest BCUT2D eigenvalue weighted by Gasteiger charge is 2.31. The standard InChI is InChI=1S/C26H19ClF3NO6/c27-20-11-8-18(26(28,29)30)14-21(20)31-23(33)12-13-24(34)36-15-22(32)16-6-9-19(10-7-16)37-25(35)17-4-2-1-3-5-17/h1-11,14H,12-13,15H2,(H,31,33). The SMILES string of the molecule is O=C(CCC(=O)OCC(=O)c1ccc(OC(=O)c2ccccc2)cc1)Nc1cc(C(F)(F)F)ccc1Cl. The van der Waals surface area contributed by atoms with Crippen LogP contribution in [0.2, 0.25) is 5.02 Å². The highest BCUT2D eigenvalue weighted by Crippen LogP contribution is 2.33. The molecule has 7 nitrogen and oxygen atoms in total. The van der Waals surface area contributed by atoms with Crippen LogP contribution in [0.3, 0.4) is 0 Å². The maximum absolute atomic E-state index is 12.8. The van der Waals surface area contributed by atoms with E-state index in [1.165, 1.54) is 24.3 Å². The number of alkyl halides is 3. The number of amides is 1. The first-order chi connectivity index (χ1) is 17.5. The van der Waals surface area contributed by atoms with Gasteiger partial charge in [0, 0.05) is 12.0 Å². The maximum Gasteiger partial charge on any atom is 0.416 e. The van der Waals surface area contributed by atoms with Crippen LogP contribution in [0.4, 0.5) is 18.9 Å². The van der Waals surface area contributed by atoms with E-state index in [1.54, 1.807) is 30.3 Å². The molecule has 0 aromatic heterocycles. The minimum Gasteiger partial charge on any atom is -0.457 e. The third-order valence-electron chi connectivity index (χ3n) is 4.88. The van der Waals surface area contributed by atoms with Crippen molar-refractivity contribution >= 4 is 40.9 Å². The Bertz CT molecular complexity index is 1290. The van der Waals surface area contributed by atoms with Gasteiger partial charge in [-0.15, -0.1) is 0 Å². The zero-order valence-corrected chi connectivity index (χ0v) is 19.8. The fraction of sp³-hybridized carbons (Fsp3) is 0.154. The highest BCUT2D eigenvalue weighted by molar-refractivity contribution is 6.33. The zero-order valence-electron chi connectivity index (χ0n) is 19.0. The Kier molecular flexibility index (Phi) is 9.02. The Labute approximate surface area is 214 Å². The van der Waals surface area contributed by atoms with Gasteiger partial charge < -0.3 is 14.8 Å². The first-order valence-electron chi connectivity index (χ1n) is 10.8. The highest BCUT2D eigenvalue weighted by atomic mass is 35.5. The zero-order chi connectivity index (χ0) is 27.0. The van der Waals surface area contributed by atoms with Crippen molar-refractivity contribution in [3.8, 4) is 5.75 Å². The maximum atomic E-state index is 12.8. The van der Waals surface area contributed by atoms with Crippen LogP contribution in [0.1, 0.15) is 39.1 Å². The first kappa shape index (κ1) is 27.4. The Morgan fingerprint density at radius 3 is 2.16 bits per heavy atom. The van der Waals surface area contributed by atoms with Gasteiger partial charge in [0.2, 0.25) is 5.91 Å². The molecule has 0 bridgehead atoms. The molecular formula is C26H19ClF3NO6. The van der Waals surface area contributed by atoms with Crippen LogP contribution >= 0.6 is 11.6 Å². The van der Waals surface area contributed by atoms with Crippen molar-refractivity contribution in [3.05, 3.63) is 94.5 Å². The summed E-state index contributed by atoms with van der Waals surface area (Å²) in [6.07, 6.45) is -5.43. The summed E-state index contributed by atoms with van der Waals surface area (Å²) in [6, 6.07) is 16.4. The van der Waals surface area contributed by atoms with E-state index in [-0.39, 0.29) is 22.0 Å². The molecule has 0 atom stereocenters. The molecule has 0 saturated heterocycles. The number of ether oxygens (including phenoxy) is 2. The molecule has 3 rings (SSSR count). The number of rotatable bonds is 9. The number of Topliss-reactive ketones (excluding diaryl/α,β-unsaturated/α-hetero) is 1. The summed E-state index contributed by atoms with van der Waals surface area (Å²) in [7, 11) is 0. The molecule has 3 aromatic rings. The predicted octanol–water partition coefficient (Wildman–Crippen LogP) is 5.72. The first-order valence-corrected chi connectivity index (χ1v) is 11.1. The molecule has 37 heavy (non-hydrogen) atoms. The molecular weight excluding hydrogens is 515 g/mol. The van der Waals surface area contributed by atoms with Gasteiger partial charge in [0.1, 0.15) is 5.75 Å². The smallest absolute Gasteiger partial charge is 0.416 e. The summed E-state index contributed by atoms with van der Waals surface area (Å²) in [4.78, 5) is 48.3. The molecule has 0 fully saturated rings. The van der Waals surface area contributed by atoms with Crippen molar-refractivity contribution in [3.63, 3.8) is 0 Å². The normalized spacial score (nSPS) is 10.9. The van der Waals surface area contributed by atoms with Crippen LogP contribution in [0.15, 0.2) is 72.8 Å². The largest absolute Gasteiger partial charge is 0.457 e. The van der Waals surface area contributed by atoms with E-state index < -0.39 is 54.8 Å². The number of benzene rings is 3. The number of hydrogen-bond donors (Lipinski definition) is 1. The lowest BCUT2D eigenvalue weighted by atomic mass is 10.1. The van der Waals surface area contributed by atoms with Gasteiger partial charge in [0.05, 0.1) is 28.3 Å². The van der Waals surface area contributed by atoms with Gasteiger partial charge in [-0.2, -0.15) is 13.2 Å². The molecule has 0 heterocycles. The molecule has 0 aliphatic rings.